The second kappa shape index (κ2) is 5.75. The van der Waals surface area contributed by atoms with Gasteiger partial charge in [-0.1, -0.05) is 48.6 Å². The molecule has 2 heteroatoms. The van der Waals surface area contributed by atoms with Crippen LogP contribution in [-0.4, -0.2) is 11.1 Å². The molecule has 0 bridgehead atoms. The minimum Gasteiger partial charge on any atom is -0.478 e. The van der Waals surface area contributed by atoms with Gasteiger partial charge in [0.05, 0.1) is 0 Å². The van der Waals surface area contributed by atoms with Crippen LogP contribution in [0.3, 0.4) is 0 Å². The van der Waals surface area contributed by atoms with Gasteiger partial charge in [0.25, 0.3) is 0 Å². The van der Waals surface area contributed by atoms with Crippen LogP contribution in [0.2, 0.25) is 0 Å². The van der Waals surface area contributed by atoms with E-state index in [0.717, 1.165) is 12.5 Å². The number of aliphatic carboxylic acids is 1. The van der Waals surface area contributed by atoms with Crippen LogP contribution in [0.1, 0.15) is 5.56 Å². The summed E-state index contributed by atoms with van der Waals surface area (Å²) < 4.78 is 0. The molecule has 1 rings (SSSR count). The van der Waals surface area contributed by atoms with Crippen molar-refractivity contribution in [3.63, 3.8) is 0 Å². The maximum atomic E-state index is 10.1. The summed E-state index contributed by atoms with van der Waals surface area (Å²) in [6, 6.07) is 10.0. The highest BCUT2D eigenvalue weighted by atomic mass is 16.4. The Hall–Kier alpha value is -1.83. The maximum absolute atomic E-state index is 10.1. The van der Waals surface area contributed by atoms with Crippen molar-refractivity contribution in [3.8, 4) is 0 Å². The molecule has 1 aromatic rings. The fraction of sp³-hybridized carbons (Fsp3) is 0.0833. The van der Waals surface area contributed by atoms with E-state index in [2.05, 4.69) is 0 Å². The molecule has 0 saturated carbocycles. The Morgan fingerprint density at radius 1 is 1.21 bits per heavy atom. The lowest BCUT2D eigenvalue weighted by molar-refractivity contribution is -0.131. The Balaban J connectivity index is 2.38. The molecular formula is C12H12O2. The van der Waals surface area contributed by atoms with Gasteiger partial charge >= 0.3 is 5.97 Å². The highest BCUT2D eigenvalue weighted by Crippen LogP contribution is 1.99. The summed E-state index contributed by atoms with van der Waals surface area (Å²) >= 11 is 0. The predicted octanol–water partition coefficient (Wildman–Crippen LogP) is 2.43. The first-order chi connectivity index (χ1) is 6.79. The van der Waals surface area contributed by atoms with Gasteiger partial charge in [-0.15, -0.1) is 0 Å². The first-order valence-corrected chi connectivity index (χ1v) is 4.39. The van der Waals surface area contributed by atoms with Gasteiger partial charge in [0.2, 0.25) is 0 Å². The Bertz CT molecular complexity index is 337. The SMILES string of the molecule is O=C(O)/C=C\C=C\Cc1ccccc1. The third-order valence-corrected chi connectivity index (χ3v) is 1.68. The molecule has 0 heterocycles. The summed E-state index contributed by atoms with van der Waals surface area (Å²) in [4.78, 5) is 10.1. The van der Waals surface area contributed by atoms with Gasteiger partial charge in [-0.2, -0.15) is 0 Å². The predicted molar refractivity (Wildman–Crippen MR) is 56.1 cm³/mol. The number of hydrogen-bond donors (Lipinski definition) is 1. The van der Waals surface area contributed by atoms with Crippen molar-refractivity contribution in [3.05, 3.63) is 60.2 Å². The maximum Gasteiger partial charge on any atom is 0.328 e. The molecule has 1 aromatic carbocycles. The van der Waals surface area contributed by atoms with Crippen LogP contribution in [0, 0.1) is 0 Å². The molecule has 0 unspecified atom stereocenters. The number of carbonyl (C=O) groups is 1. The second-order valence-electron chi connectivity index (χ2n) is 2.82. The highest BCUT2D eigenvalue weighted by molar-refractivity contribution is 5.80. The summed E-state index contributed by atoms with van der Waals surface area (Å²) in [5, 5.41) is 8.31. The van der Waals surface area contributed by atoms with Gasteiger partial charge in [-0.3, -0.25) is 0 Å². The van der Waals surface area contributed by atoms with Crippen LogP contribution in [0.15, 0.2) is 54.6 Å². The van der Waals surface area contributed by atoms with Crippen molar-refractivity contribution in [1.29, 1.82) is 0 Å². The number of rotatable bonds is 4. The standard InChI is InChI=1S/C12H12O2/c13-12(14)10-6-2-5-9-11-7-3-1-4-8-11/h1-8,10H,9H2,(H,13,14)/b5-2+,10-6-. The van der Waals surface area contributed by atoms with Crippen LogP contribution in [-0.2, 0) is 11.2 Å². The number of carboxylic acids is 1. The van der Waals surface area contributed by atoms with E-state index >= 15 is 0 Å². The average molecular weight is 188 g/mol. The molecule has 1 N–H and O–H groups in total. The lowest BCUT2D eigenvalue weighted by Crippen LogP contribution is -1.84. The Morgan fingerprint density at radius 2 is 1.93 bits per heavy atom. The van der Waals surface area contributed by atoms with Crippen LogP contribution in [0.5, 0.6) is 0 Å². The number of carboxylic acid groups (broad SMARTS) is 1. The number of benzene rings is 1. The van der Waals surface area contributed by atoms with Crippen LogP contribution >= 0.6 is 0 Å². The molecule has 0 spiro atoms. The smallest absolute Gasteiger partial charge is 0.328 e. The molecule has 2 nitrogen and oxygen atoms in total. The lowest BCUT2D eigenvalue weighted by atomic mass is 10.1. The summed E-state index contributed by atoms with van der Waals surface area (Å²) in [6.45, 7) is 0. The molecular weight excluding hydrogens is 176 g/mol. The Kier molecular flexibility index (Phi) is 4.21. The summed E-state index contributed by atoms with van der Waals surface area (Å²) in [6.07, 6.45) is 7.12. The molecule has 0 aliphatic carbocycles. The Morgan fingerprint density at radius 3 is 2.57 bits per heavy atom. The molecule has 0 atom stereocenters. The molecule has 72 valence electrons. The minimum absolute atomic E-state index is 0.824. The molecule has 0 aliphatic heterocycles. The largest absolute Gasteiger partial charge is 0.478 e. The molecule has 0 aliphatic rings. The van der Waals surface area contributed by atoms with Crippen molar-refractivity contribution >= 4 is 5.97 Å². The zero-order valence-corrected chi connectivity index (χ0v) is 7.76. The first-order valence-electron chi connectivity index (χ1n) is 4.39. The molecule has 0 saturated heterocycles. The fourth-order valence-electron chi connectivity index (χ4n) is 1.03. The average Bonchev–Trinajstić information content (AvgIpc) is 2.18. The Labute approximate surface area is 83.2 Å². The van der Waals surface area contributed by atoms with Crippen LogP contribution in [0.25, 0.3) is 0 Å². The monoisotopic (exact) mass is 188 g/mol. The zero-order valence-electron chi connectivity index (χ0n) is 7.76. The normalized spacial score (nSPS) is 11.1. The van der Waals surface area contributed by atoms with Crippen molar-refractivity contribution in [2.75, 3.05) is 0 Å². The lowest BCUT2D eigenvalue weighted by Gasteiger charge is -1.92. The van der Waals surface area contributed by atoms with Crippen LogP contribution < -0.4 is 0 Å². The summed E-state index contributed by atoms with van der Waals surface area (Å²) in [5.41, 5.74) is 1.22. The van der Waals surface area contributed by atoms with E-state index in [9.17, 15) is 4.79 Å². The topological polar surface area (TPSA) is 37.3 Å². The molecule has 0 fully saturated rings. The minimum atomic E-state index is -0.922. The van der Waals surface area contributed by atoms with Crippen molar-refractivity contribution < 1.29 is 9.90 Å². The van der Waals surface area contributed by atoms with E-state index in [1.54, 1.807) is 6.08 Å². The van der Waals surface area contributed by atoms with Gasteiger partial charge < -0.3 is 5.11 Å². The van der Waals surface area contributed by atoms with E-state index in [-0.39, 0.29) is 0 Å². The van der Waals surface area contributed by atoms with E-state index in [1.165, 1.54) is 11.6 Å². The van der Waals surface area contributed by atoms with Gasteiger partial charge in [0.15, 0.2) is 0 Å². The van der Waals surface area contributed by atoms with Gasteiger partial charge in [0.1, 0.15) is 0 Å². The van der Waals surface area contributed by atoms with Crippen molar-refractivity contribution in [2.45, 2.75) is 6.42 Å². The van der Waals surface area contributed by atoms with Crippen LogP contribution in [0.4, 0.5) is 0 Å². The third-order valence-electron chi connectivity index (χ3n) is 1.68. The zero-order chi connectivity index (χ0) is 10.2. The molecule has 0 amide bonds. The van der Waals surface area contributed by atoms with Crippen molar-refractivity contribution in [2.24, 2.45) is 0 Å². The summed E-state index contributed by atoms with van der Waals surface area (Å²) in [5.74, 6) is -0.922. The second-order valence-corrected chi connectivity index (χ2v) is 2.82. The quantitative estimate of drug-likeness (QED) is 0.582. The molecule has 0 aromatic heterocycles. The number of hydrogen-bond acceptors (Lipinski definition) is 1. The van der Waals surface area contributed by atoms with E-state index in [4.69, 9.17) is 5.11 Å². The highest BCUT2D eigenvalue weighted by Gasteiger charge is 1.84. The van der Waals surface area contributed by atoms with Crippen molar-refractivity contribution in [1.82, 2.24) is 0 Å². The first kappa shape index (κ1) is 10.3. The van der Waals surface area contributed by atoms with Gasteiger partial charge in [0, 0.05) is 6.08 Å². The number of allylic oxidation sites excluding steroid dienone is 3. The molecule has 14 heavy (non-hydrogen) atoms. The fourth-order valence-corrected chi connectivity index (χ4v) is 1.03. The van der Waals surface area contributed by atoms with E-state index in [1.807, 2.05) is 36.4 Å². The van der Waals surface area contributed by atoms with Gasteiger partial charge in [-0.25, -0.2) is 4.79 Å². The summed E-state index contributed by atoms with van der Waals surface area (Å²) in [7, 11) is 0. The van der Waals surface area contributed by atoms with Gasteiger partial charge in [-0.05, 0) is 12.0 Å². The molecule has 0 radical (unpaired) electrons. The third kappa shape index (κ3) is 4.26. The van der Waals surface area contributed by atoms with E-state index in [0.29, 0.717) is 0 Å². The van der Waals surface area contributed by atoms with E-state index < -0.39 is 5.97 Å².